The predicted octanol–water partition coefficient (Wildman–Crippen LogP) is 5.48. The summed E-state index contributed by atoms with van der Waals surface area (Å²) in [6.07, 6.45) is -3.27. The number of hydrogen-bond acceptors (Lipinski definition) is 7. The molecule has 190 valence electrons. The summed E-state index contributed by atoms with van der Waals surface area (Å²) in [5.41, 5.74) is 5.37. The lowest BCUT2D eigenvalue weighted by Gasteiger charge is -2.41. The van der Waals surface area contributed by atoms with Crippen LogP contribution in [0.25, 0.3) is 11.9 Å². The Hall–Kier alpha value is -2.73. The summed E-state index contributed by atoms with van der Waals surface area (Å²) in [6, 6.07) is 4.07. The average Bonchev–Trinajstić information content (AvgIpc) is 2.73. The summed E-state index contributed by atoms with van der Waals surface area (Å²) in [5.74, 6) is -1.73. The van der Waals surface area contributed by atoms with Crippen LogP contribution in [0, 0.1) is 5.82 Å². The molecular weight excluding hydrogens is 491 g/mol. The van der Waals surface area contributed by atoms with Crippen molar-refractivity contribution in [3.05, 3.63) is 53.2 Å². The lowest BCUT2D eigenvalue weighted by Crippen LogP contribution is -2.43. The summed E-state index contributed by atoms with van der Waals surface area (Å²) in [4.78, 5) is 11.9. The summed E-state index contributed by atoms with van der Waals surface area (Å²) >= 11 is 1.35. The second-order valence-electron chi connectivity index (χ2n) is 8.66. The second-order valence-corrected chi connectivity index (χ2v) is 10.3. The highest BCUT2D eigenvalue weighted by molar-refractivity contribution is 8.15. The number of halogens is 5. The molecule has 1 aliphatic heterocycles. The van der Waals surface area contributed by atoms with Gasteiger partial charge in [-0.15, -0.1) is 0 Å². The minimum absolute atomic E-state index is 0.224. The number of benzene rings is 1. The molecule has 0 radical (unpaired) electrons. The van der Waals surface area contributed by atoms with E-state index in [0.29, 0.717) is 23.8 Å². The van der Waals surface area contributed by atoms with Gasteiger partial charge in [0.05, 0.1) is 24.5 Å². The van der Waals surface area contributed by atoms with Gasteiger partial charge in [0.2, 0.25) is 5.88 Å². The Bertz CT molecular complexity index is 1130. The molecule has 0 amide bonds. The maximum absolute atomic E-state index is 14.9. The first-order valence-corrected chi connectivity index (χ1v) is 11.3. The van der Waals surface area contributed by atoms with Crippen LogP contribution in [-0.2, 0) is 10.3 Å². The van der Waals surface area contributed by atoms with E-state index in [2.05, 4.69) is 19.7 Å². The fourth-order valence-electron chi connectivity index (χ4n) is 3.88. The third-order valence-electron chi connectivity index (χ3n) is 5.37. The smallest absolute Gasteiger partial charge is 0.425 e. The average molecular weight is 517 g/mol. The van der Waals surface area contributed by atoms with Gasteiger partial charge in [0.25, 0.3) is 0 Å². The van der Waals surface area contributed by atoms with Crippen molar-refractivity contribution in [3.63, 3.8) is 0 Å². The summed E-state index contributed by atoms with van der Waals surface area (Å²) < 4.78 is 77.1. The monoisotopic (exact) mass is 516 g/mol. The van der Waals surface area contributed by atoms with Crippen molar-refractivity contribution in [2.45, 2.75) is 49.8 Å². The van der Waals surface area contributed by atoms with Crippen molar-refractivity contribution in [1.82, 2.24) is 9.97 Å². The molecule has 0 fully saturated rings. The molecule has 0 saturated heterocycles. The highest BCUT2D eigenvalue weighted by Gasteiger charge is 2.43. The molecule has 1 aromatic carbocycles. The lowest BCUT2D eigenvalue weighted by molar-refractivity contribution is -0.190. The standard InChI is InChI=1S/C23H25F5N4O2S/c1-13(23(26,27)28)34-19-10-30-18(9-31-19)17(25)8-14-5-6-16(24)15(7-14)22(3)11-21(2,12-33-4)35-20(29)32-22/h5-10,13H,11-12H2,1-4H3,(H2,29,32)/b17-8-/t13?,21-,22+/m1/s1. The Morgan fingerprint density at radius 1 is 1.26 bits per heavy atom. The number of methoxy groups -OCH3 is 1. The molecule has 6 nitrogen and oxygen atoms in total. The number of hydrogen-bond donors (Lipinski definition) is 1. The van der Waals surface area contributed by atoms with E-state index in [1.165, 1.54) is 30.0 Å². The quantitative estimate of drug-likeness (QED) is 0.491. The highest BCUT2D eigenvalue weighted by Crippen LogP contribution is 2.46. The molecular formula is C23H25F5N4O2S. The maximum Gasteiger partial charge on any atom is 0.425 e. The van der Waals surface area contributed by atoms with Crippen molar-refractivity contribution in [3.8, 4) is 5.88 Å². The summed E-state index contributed by atoms with van der Waals surface area (Å²) in [6.45, 7) is 4.90. The number of ether oxygens (including phenoxy) is 2. The molecule has 35 heavy (non-hydrogen) atoms. The molecule has 3 atom stereocenters. The van der Waals surface area contributed by atoms with Crippen LogP contribution in [0.5, 0.6) is 5.88 Å². The molecule has 12 heteroatoms. The zero-order chi connectivity index (χ0) is 26.0. The van der Waals surface area contributed by atoms with Crippen LogP contribution in [0.1, 0.15) is 44.0 Å². The molecule has 1 aliphatic rings. The SMILES string of the molecule is COC[C@@]1(C)C[C@@](C)(c2cc(/C=C(\F)c3cnc(OC(C)C(F)(F)F)cn3)ccc2F)N=C(N)S1. The molecule has 0 bridgehead atoms. The first-order valence-electron chi connectivity index (χ1n) is 10.5. The number of aliphatic imine (C=N–C) groups is 1. The van der Waals surface area contributed by atoms with Gasteiger partial charge < -0.3 is 15.2 Å². The Labute approximate surface area is 203 Å². The fraction of sp³-hybridized carbons (Fsp3) is 0.435. The maximum atomic E-state index is 14.9. The van der Waals surface area contributed by atoms with Gasteiger partial charge in [0.1, 0.15) is 11.5 Å². The molecule has 2 aromatic rings. The largest absolute Gasteiger partial charge is 0.464 e. The van der Waals surface area contributed by atoms with Gasteiger partial charge in [-0.05, 0) is 51.0 Å². The Morgan fingerprint density at radius 2 is 1.97 bits per heavy atom. The first-order chi connectivity index (χ1) is 16.2. The number of nitrogens with zero attached hydrogens (tertiary/aromatic N) is 3. The molecule has 0 saturated carbocycles. The van der Waals surface area contributed by atoms with Gasteiger partial charge in [-0.1, -0.05) is 17.8 Å². The van der Waals surface area contributed by atoms with Crippen LogP contribution in [0.2, 0.25) is 0 Å². The number of nitrogens with two attached hydrogens (primary N) is 1. The van der Waals surface area contributed by atoms with E-state index in [4.69, 9.17) is 10.5 Å². The molecule has 1 unspecified atom stereocenters. The minimum Gasteiger partial charge on any atom is -0.464 e. The second kappa shape index (κ2) is 10.1. The summed E-state index contributed by atoms with van der Waals surface area (Å²) in [7, 11) is 1.57. The lowest BCUT2D eigenvalue weighted by atomic mass is 9.82. The van der Waals surface area contributed by atoms with Crippen LogP contribution in [0.15, 0.2) is 35.6 Å². The van der Waals surface area contributed by atoms with Gasteiger partial charge in [0, 0.05) is 17.4 Å². The van der Waals surface area contributed by atoms with E-state index >= 15 is 0 Å². The Kier molecular flexibility index (Phi) is 7.75. The van der Waals surface area contributed by atoms with Crippen LogP contribution in [-0.4, -0.2) is 45.9 Å². The third-order valence-corrected chi connectivity index (χ3v) is 6.43. The number of aromatic nitrogens is 2. The predicted molar refractivity (Wildman–Crippen MR) is 125 cm³/mol. The van der Waals surface area contributed by atoms with E-state index in [0.717, 1.165) is 25.4 Å². The minimum atomic E-state index is -4.57. The van der Waals surface area contributed by atoms with Crippen molar-refractivity contribution in [2.75, 3.05) is 13.7 Å². The molecule has 2 heterocycles. The zero-order valence-corrected chi connectivity index (χ0v) is 20.3. The molecule has 0 aliphatic carbocycles. The van der Waals surface area contributed by atoms with Crippen molar-refractivity contribution in [2.24, 2.45) is 10.7 Å². The van der Waals surface area contributed by atoms with E-state index in [1.54, 1.807) is 14.0 Å². The fourth-order valence-corrected chi connectivity index (χ4v) is 5.16. The van der Waals surface area contributed by atoms with Gasteiger partial charge in [0.15, 0.2) is 17.1 Å². The zero-order valence-electron chi connectivity index (χ0n) is 19.5. The van der Waals surface area contributed by atoms with Crippen LogP contribution >= 0.6 is 11.8 Å². The third kappa shape index (κ3) is 6.49. The first kappa shape index (κ1) is 26.9. The van der Waals surface area contributed by atoms with E-state index in [1.807, 2.05) is 6.92 Å². The van der Waals surface area contributed by atoms with Gasteiger partial charge in [-0.2, -0.15) is 13.2 Å². The van der Waals surface area contributed by atoms with Gasteiger partial charge >= 0.3 is 6.18 Å². The van der Waals surface area contributed by atoms with E-state index in [9.17, 15) is 22.0 Å². The van der Waals surface area contributed by atoms with Crippen LogP contribution in [0.3, 0.4) is 0 Å². The topological polar surface area (TPSA) is 82.6 Å². The van der Waals surface area contributed by atoms with Crippen LogP contribution in [0.4, 0.5) is 22.0 Å². The Balaban J connectivity index is 1.87. The van der Waals surface area contributed by atoms with Crippen LogP contribution < -0.4 is 10.5 Å². The molecule has 2 N–H and O–H groups in total. The van der Waals surface area contributed by atoms with Gasteiger partial charge in [-0.3, -0.25) is 4.99 Å². The number of rotatable bonds is 7. The normalized spacial score (nSPS) is 24.1. The molecule has 1 aromatic heterocycles. The van der Waals surface area contributed by atoms with Crippen molar-refractivity contribution >= 4 is 28.8 Å². The van der Waals surface area contributed by atoms with Crippen molar-refractivity contribution < 1.29 is 31.4 Å². The number of thioether (sulfide) groups is 1. The Morgan fingerprint density at radius 3 is 2.57 bits per heavy atom. The van der Waals surface area contributed by atoms with E-state index < -0.39 is 40.1 Å². The number of amidine groups is 1. The van der Waals surface area contributed by atoms with Gasteiger partial charge in [-0.25, -0.2) is 18.7 Å². The molecule has 0 spiro atoms. The summed E-state index contributed by atoms with van der Waals surface area (Å²) in [5, 5.41) is 0.294. The highest BCUT2D eigenvalue weighted by atomic mass is 32.2. The molecule has 3 rings (SSSR count). The number of alkyl halides is 3. The van der Waals surface area contributed by atoms with E-state index in [-0.39, 0.29) is 11.3 Å². The van der Waals surface area contributed by atoms with Crippen molar-refractivity contribution in [1.29, 1.82) is 0 Å².